The Hall–Kier alpha value is -3.55. The third kappa shape index (κ3) is 5.04. The number of nitrogens with one attached hydrogen (secondary N) is 3. The van der Waals surface area contributed by atoms with E-state index >= 15 is 0 Å². The van der Waals surface area contributed by atoms with Crippen LogP contribution in [0.15, 0.2) is 42.5 Å². The van der Waals surface area contributed by atoms with Crippen molar-refractivity contribution in [2.24, 2.45) is 0 Å². The van der Waals surface area contributed by atoms with Gasteiger partial charge in [-0.25, -0.2) is 0 Å². The van der Waals surface area contributed by atoms with Crippen molar-refractivity contribution in [2.75, 3.05) is 41.0 Å². The number of para-hydroxylation sites is 2. The van der Waals surface area contributed by atoms with Crippen LogP contribution in [0.2, 0.25) is 0 Å². The molecule has 29 heavy (non-hydrogen) atoms. The quantitative estimate of drug-likeness (QED) is 0.668. The third-order valence-corrected chi connectivity index (χ3v) is 4.50. The Bertz CT molecular complexity index is 929. The molecule has 1 aliphatic rings. The van der Waals surface area contributed by atoms with Crippen LogP contribution in [-0.2, 0) is 14.4 Å². The van der Waals surface area contributed by atoms with E-state index in [0.29, 0.717) is 30.1 Å². The van der Waals surface area contributed by atoms with Crippen molar-refractivity contribution in [2.45, 2.75) is 19.8 Å². The zero-order valence-electron chi connectivity index (χ0n) is 16.5. The Kier molecular flexibility index (Phi) is 6.33. The standard InChI is InChI=1S/C21H24N4O4/c1-14(26)23-15-9-10-19(29-2)17(12-15)24-20(27)13-22-16-6-3-4-7-18(16)25-11-5-8-21(25)28/h3-4,6-7,9-10,12,22H,5,8,11,13H2,1-2H3,(H,23,26)(H,24,27). The molecule has 3 N–H and O–H groups in total. The van der Waals surface area contributed by atoms with E-state index in [4.69, 9.17) is 4.74 Å². The molecule has 0 atom stereocenters. The molecule has 1 heterocycles. The smallest absolute Gasteiger partial charge is 0.243 e. The van der Waals surface area contributed by atoms with Crippen LogP contribution in [-0.4, -0.2) is 37.9 Å². The van der Waals surface area contributed by atoms with Crippen molar-refractivity contribution in [1.82, 2.24) is 0 Å². The second-order valence-corrected chi connectivity index (χ2v) is 6.66. The Morgan fingerprint density at radius 3 is 2.59 bits per heavy atom. The predicted octanol–water partition coefficient (Wildman–Crippen LogP) is 2.83. The average Bonchev–Trinajstić information content (AvgIpc) is 3.12. The summed E-state index contributed by atoms with van der Waals surface area (Å²) in [5.41, 5.74) is 2.50. The first-order valence-corrected chi connectivity index (χ1v) is 9.36. The average molecular weight is 396 g/mol. The minimum absolute atomic E-state index is 0.00651. The van der Waals surface area contributed by atoms with Gasteiger partial charge in [-0.1, -0.05) is 12.1 Å². The highest BCUT2D eigenvalue weighted by atomic mass is 16.5. The van der Waals surface area contributed by atoms with Gasteiger partial charge in [0.2, 0.25) is 17.7 Å². The van der Waals surface area contributed by atoms with Crippen LogP contribution in [0.3, 0.4) is 0 Å². The molecule has 0 unspecified atom stereocenters. The zero-order chi connectivity index (χ0) is 20.8. The van der Waals surface area contributed by atoms with Gasteiger partial charge in [0.05, 0.1) is 30.7 Å². The molecule has 152 valence electrons. The van der Waals surface area contributed by atoms with Crippen LogP contribution in [0, 0.1) is 0 Å². The van der Waals surface area contributed by atoms with Crippen molar-refractivity contribution in [3.63, 3.8) is 0 Å². The number of methoxy groups -OCH3 is 1. The van der Waals surface area contributed by atoms with Crippen LogP contribution in [0.25, 0.3) is 0 Å². The van der Waals surface area contributed by atoms with Crippen molar-refractivity contribution < 1.29 is 19.1 Å². The number of ether oxygens (including phenoxy) is 1. The highest BCUT2D eigenvalue weighted by Gasteiger charge is 2.23. The molecule has 1 fully saturated rings. The Balaban J connectivity index is 1.68. The highest BCUT2D eigenvalue weighted by molar-refractivity contribution is 6.00. The van der Waals surface area contributed by atoms with E-state index < -0.39 is 0 Å². The van der Waals surface area contributed by atoms with Crippen LogP contribution >= 0.6 is 0 Å². The fourth-order valence-corrected chi connectivity index (χ4v) is 3.22. The number of nitrogens with zero attached hydrogens (tertiary/aromatic N) is 1. The summed E-state index contributed by atoms with van der Waals surface area (Å²) in [4.78, 5) is 37.5. The van der Waals surface area contributed by atoms with Gasteiger partial charge in [0.25, 0.3) is 0 Å². The molecular formula is C21H24N4O4. The van der Waals surface area contributed by atoms with E-state index in [0.717, 1.165) is 17.8 Å². The maximum Gasteiger partial charge on any atom is 0.243 e. The summed E-state index contributed by atoms with van der Waals surface area (Å²) in [5, 5.41) is 8.55. The number of carbonyl (C=O) groups is 3. The predicted molar refractivity (Wildman–Crippen MR) is 112 cm³/mol. The molecule has 0 aromatic heterocycles. The molecule has 8 nitrogen and oxygen atoms in total. The fraction of sp³-hybridized carbons (Fsp3) is 0.286. The van der Waals surface area contributed by atoms with Gasteiger partial charge in [0, 0.05) is 25.6 Å². The molecule has 0 radical (unpaired) electrons. The van der Waals surface area contributed by atoms with E-state index in [1.54, 1.807) is 23.1 Å². The number of hydrogen-bond donors (Lipinski definition) is 3. The van der Waals surface area contributed by atoms with Crippen molar-refractivity contribution in [3.8, 4) is 5.75 Å². The summed E-state index contributed by atoms with van der Waals surface area (Å²) in [5.74, 6) is 0.0757. The first-order chi connectivity index (χ1) is 14.0. The normalized spacial score (nSPS) is 13.2. The minimum atomic E-state index is -0.286. The van der Waals surface area contributed by atoms with Crippen LogP contribution in [0.4, 0.5) is 22.7 Å². The number of benzene rings is 2. The third-order valence-electron chi connectivity index (χ3n) is 4.50. The summed E-state index contributed by atoms with van der Waals surface area (Å²) < 4.78 is 5.28. The van der Waals surface area contributed by atoms with Crippen LogP contribution in [0.5, 0.6) is 5.75 Å². The molecule has 0 bridgehead atoms. The summed E-state index contributed by atoms with van der Waals surface area (Å²) in [7, 11) is 1.50. The number of amides is 3. The summed E-state index contributed by atoms with van der Waals surface area (Å²) in [6, 6.07) is 12.4. The van der Waals surface area contributed by atoms with Crippen LogP contribution in [0.1, 0.15) is 19.8 Å². The monoisotopic (exact) mass is 396 g/mol. The lowest BCUT2D eigenvalue weighted by atomic mass is 10.2. The molecule has 2 aromatic carbocycles. The fourth-order valence-electron chi connectivity index (χ4n) is 3.22. The van der Waals surface area contributed by atoms with E-state index in [9.17, 15) is 14.4 Å². The maximum absolute atomic E-state index is 12.5. The largest absolute Gasteiger partial charge is 0.495 e. The number of hydrogen-bond acceptors (Lipinski definition) is 5. The second kappa shape index (κ2) is 9.09. The lowest BCUT2D eigenvalue weighted by molar-refractivity contribution is -0.117. The molecule has 0 saturated carbocycles. The van der Waals surface area contributed by atoms with Gasteiger partial charge in [-0.3, -0.25) is 14.4 Å². The minimum Gasteiger partial charge on any atom is -0.495 e. The van der Waals surface area contributed by atoms with Crippen molar-refractivity contribution >= 4 is 40.5 Å². The summed E-state index contributed by atoms with van der Waals surface area (Å²) >= 11 is 0. The van der Waals surface area contributed by atoms with Gasteiger partial charge in [0.1, 0.15) is 5.75 Å². The number of rotatable bonds is 7. The molecule has 3 rings (SSSR count). The molecule has 0 aliphatic carbocycles. The lowest BCUT2D eigenvalue weighted by Crippen LogP contribution is -2.26. The summed E-state index contributed by atoms with van der Waals surface area (Å²) in [6.45, 7) is 2.10. The Labute approximate surface area is 169 Å². The molecule has 3 amide bonds. The molecule has 1 aliphatic heterocycles. The number of carbonyl (C=O) groups excluding carboxylic acids is 3. The second-order valence-electron chi connectivity index (χ2n) is 6.66. The first-order valence-electron chi connectivity index (χ1n) is 9.36. The van der Waals surface area contributed by atoms with Crippen molar-refractivity contribution in [3.05, 3.63) is 42.5 Å². The lowest BCUT2D eigenvalue weighted by Gasteiger charge is -2.20. The van der Waals surface area contributed by atoms with E-state index in [1.165, 1.54) is 14.0 Å². The van der Waals surface area contributed by atoms with Crippen molar-refractivity contribution in [1.29, 1.82) is 0 Å². The highest BCUT2D eigenvalue weighted by Crippen LogP contribution is 2.30. The van der Waals surface area contributed by atoms with Gasteiger partial charge < -0.3 is 25.6 Å². The maximum atomic E-state index is 12.5. The van der Waals surface area contributed by atoms with Gasteiger partial charge >= 0.3 is 0 Å². The Morgan fingerprint density at radius 2 is 1.90 bits per heavy atom. The summed E-state index contributed by atoms with van der Waals surface area (Å²) in [6.07, 6.45) is 1.37. The SMILES string of the molecule is COc1ccc(NC(C)=O)cc1NC(=O)CNc1ccccc1N1CCCC1=O. The zero-order valence-corrected chi connectivity index (χ0v) is 16.5. The molecular weight excluding hydrogens is 372 g/mol. The first kappa shape index (κ1) is 20.2. The molecule has 1 saturated heterocycles. The number of anilines is 4. The van der Waals surface area contributed by atoms with Gasteiger partial charge in [-0.05, 0) is 36.8 Å². The van der Waals surface area contributed by atoms with Crippen LogP contribution < -0.4 is 25.6 Å². The molecule has 0 spiro atoms. The Morgan fingerprint density at radius 1 is 1.10 bits per heavy atom. The molecule has 2 aromatic rings. The van der Waals surface area contributed by atoms with E-state index in [2.05, 4.69) is 16.0 Å². The van der Waals surface area contributed by atoms with Gasteiger partial charge in [-0.15, -0.1) is 0 Å². The van der Waals surface area contributed by atoms with E-state index in [-0.39, 0.29) is 24.3 Å². The van der Waals surface area contributed by atoms with E-state index in [1.807, 2.05) is 24.3 Å². The molecule has 8 heteroatoms. The van der Waals surface area contributed by atoms with Gasteiger partial charge in [0.15, 0.2) is 0 Å². The topological polar surface area (TPSA) is 99.8 Å². The van der Waals surface area contributed by atoms with Gasteiger partial charge in [-0.2, -0.15) is 0 Å².